The molecule has 2 aromatic carbocycles. The van der Waals surface area contributed by atoms with Crippen LogP contribution in [0.2, 0.25) is 0 Å². The van der Waals surface area contributed by atoms with Crippen LogP contribution in [0.15, 0.2) is 54.6 Å². The van der Waals surface area contributed by atoms with Crippen molar-refractivity contribution in [1.29, 1.82) is 0 Å². The zero-order chi connectivity index (χ0) is 13.1. The molecule has 1 heterocycles. The maximum Gasteiger partial charge on any atom is 0.0429 e. The van der Waals surface area contributed by atoms with Gasteiger partial charge in [-0.3, -0.25) is 0 Å². The molecular weight excluding hydrogens is 232 g/mol. The lowest BCUT2D eigenvalue weighted by molar-refractivity contribution is 0.639. The predicted octanol–water partition coefficient (Wildman–Crippen LogP) is 3.01. The molecule has 1 aliphatic heterocycles. The van der Waals surface area contributed by atoms with Gasteiger partial charge in [-0.25, -0.2) is 0 Å². The summed E-state index contributed by atoms with van der Waals surface area (Å²) < 4.78 is 0. The van der Waals surface area contributed by atoms with Crippen molar-refractivity contribution in [2.45, 2.75) is 12.5 Å². The molecular formula is C17H20N2. The molecule has 1 N–H and O–H groups in total. The zero-order valence-corrected chi connectivity index (χ0v) is 11.3. The number of nitrogens with one attached hydrogen (secondary N) is 1. The normalized spacial score (nSPS) is 17.5. The van der Waals surface area contributed by atoms with E-state index in [9.17, 15) is 0 Å². The highest BCUT2D eigenvalue weighted by Gasteiger charge is 2.27. The van der Waals surface area contributed by atoms with E-state index in [1.165, 1.54) is 16.8 Å². The van der Waals surface area contributed by atoms with Crippen LogP contribution >= 0.6 is 0 Å². The third kappa shape index (κ3) is 2.49. The van der Waals surface area contributed by atoms with E-state index in [4.69, 9.17) is 0 Å². The third-order valence-electron chi connectivity index (χ3n) is 3.82. The molecule has 0 fully saturated rings. The van der Waals surface area contributed by atoms with Gasteiger partial charge in [0.2, 0.25) is 0 Å². The number of rotatable bonds is 4. The predicted molar refractivity (Wildman–Crippen MR) is 80.6 cm³/mol. The Morgan fingerprint density at radius 2 is 1.79 bits per heavy atom. The number of hydrogen-bond acceptors (Lipinski definition) is 2. The van der Waals surface area contributed by atoms with E-state index < -0.39 is 0 Å². The van der Waals surface area contributed by atoms with Gasteiger partial charge in [-0.15, -0.1) is 0 Å². The van der Waals surface area contributed by atoms with Gasteiger partial charge in [0.15, 0.2) is 0 Å². The summed E-state index contributed by atoms with van der Waals surface area (Å²) in [5.41, 5.74) is 4.25. The van der Waals surface area contributed by atoms with Crippen LogP contribution in [0.5, 0.6) is 0 Å². The van der Waals surface area contributed by atoms with Crippen molar-refractivity contribution in [2.24, 2.45) is 0 Å². The van der Waals surface area contributed by atoms with E-state index in [1.54, 1.807) is 0 Å². The molecule has 1 unspecified atom stereocenters. The Morgan fingerprint density at radius 1 is 1.05 bits per heavy atom. The first-order valence-corrected chi connectivity index (χ1v) is 6.91. The Kier molecular flexibility index (Phi) is 3.51. The third-order valence-corrected chi connectivity index (χ3v) is 3.82. The molecule has 2 nitrogen and oxygen atoms in total. The van der Waals surface area contributed by atoms with Crippen LogP contribution in [0.1, 0.15) is 17.0 Å². The van der Waals surface area contributed by atoms with Crippen molar-refractivity contribution in [3.63, 3.8) is 0 Å². The summed E-state index contributed by atoms with van der Waals surface area (Å²) in [5, 5.41) is 3.31. The molecule has 1 aliphatic rings. The Labute approximate surface area is 115 Å². The van der Waals surface area contributed by atoms with Gasteiger partial charge in [0.05, 0.1) is 0 Å². The maximum absolute atomic E-state index is 3.31. The second kappa shape index (κ2) is 5.45. The van der Waals surface area contributed by atoms with Crippen LogP contribution in [0.3, 0.4) is 0 Å². The van der Waals surface area contributed by atoms with Crippen LogP contribution < -0.4 is 10.2 Å². The van der Waals surface area contributed by atoms with Crippen LogP contribution in [0.4, 0.5) is 5.69 Å². The second-order valence-electron chi connectivity index (χ2n) is 5.18. The van der Waals surface area contributed by atoms with Crippen molar-refractivity contribution in [3.05, 3.63) is 65.7 Å². The van der Waals surface area contributed by atoms with Crippen molar-refractivity contribution in [3.8, 4) is 0 Å². The Balaban J connectivity index is 1.84. The number of fused-ring (bicyclic) bond motifs is 1. The molecule has 19 heavy (non-hydrogen) atoms. The first kappa shape index (κ1) is 12.2. The average Bonchev–Trinajstić information content (AvgIpc) is 2.79. The summed E-state index contributed by atoms with van der Waals surface area (Å²) in [6, 6.07) is 19.5. The topological polar surface area (TPSA) is 15.3 Å². The molecule has 0 spiro atoms. The summed E-state index contributed by atoms with van der Waals surface area (Å²) in [5.74, 6) is 0.602. The van der Waals surface area contributed by atoms with Crippen LogP contribution in [0, 0.1) is 0 Å². The minimum atomic E-state index is 0.602. The van der Waals surface area contributed by atoms with Crippen molar-refractivity contribution >= 4 is 5.69 Å². The van der Waals surface area contributed by atoms with Crippen molar-refractivity contribution < 1.29 is 0 Å². The number of likely N-dealkylation sites (N-methyl/N-ethyl adjacent to an activating group) is 1. The van der Waals surface area contributed by atoms with Gasteiger partial charge in [0.25, 0.3) is 0 Å². The van der Waals surface area contributed by atoms with Gasteiger partial charge in [0, 0.05) is 31.2 Å². The first-order valence-electron chi connectivity index (χ1n) is 6.91. The average molecular weight is 252 g/mol. The largest absolute Gasteiger partial charge is 0.366 e. The van der Waals surface area contributed by atoms with Crippen LogP contribution in [-0.4, -0.2) is 20.1 Å². The molecule has 2 aromatic rings. The van der Waals surface area contributed by atoms with Crippen LogP contribution in [-0.2, 0) is 6.54 Å². The Morgan fingerprint density at radius 3 is 2.58 bits per heavy atom. The quantitative estimate of drug-likeness (QED) is 0.900. The van der Waals surface area contributed by atoms with Crippen LogP contribution in [0.25, 0.3) is 0 Å². The number of para-hydroxylation sites is 1. The fourth-order valence-electron chi connectivity index (χ4n) is 2.96. The molecule has 2 heteroatoms. The number of nitrogens with zero attached hydrogens (tertiary/aromatic N) is 1. The SMILES string of the molecule is CNCC1CN(Cc2ccccc2)c2ccccc21. The lowest BCUT2D eigenvalue weighted by atomic mass is 10.0. The molecule has 1 atom stereocenters. The number of hydrogen-bond donors (Lipinski definition) is 1. The molecule has 0 aromatic heterocycles. The highest BCUT2D eigenvalue weighted by Crippen LogP contribution is 2.36. The smallest absolute Gasteiger partial charge is 0.0429 e. The van der Waals surface area contributed by atoms with E-state index in [1.807, 2.05) is 7.05 Å². The molecule has 98 valence electrons. The van der Waals surface area contributed by atoms with Gasteiger partial charge < -0.3 is 10.2 Å². The van der Waals surface area contributed by atoms with E-state index in [-0.39, 0.29) is 0 Å². The number of anilines is 1. The minimum Gasteiger partial charge on any atom is -0.366 e. The van der Waals surface area contributed by atoms with Gasteiger partial charge in [-0.2, -0.15) is 0 Å². The van der Waals surface area contributed by atoms with Gasteiger partial charge in [-0.1, -0.05) is 48.5 Å². The fourth-order valence-corrected chi connectivity index (χ4v) is 2.96. The van der Waals surface area contributed by atoms with E-state index >= 15 is 0 Å². The standard InChI is InChI=1S/C17H20N2/c1-18-11-15-13-19(12-14-7-3-2-4-8-14)17-10-6-5-9-16(15)17/h2-10,15,18H,11-13H2,1H3. The van der Waals surface area contributed by atoms with Crippen molar-refractivity contribution in [2.75, 3.05) is 25.0 Å². The Hall–Kier alpha value is -1.80. The van der Waals surface area contributed by atoms with Gasteiger partial charge >= 0.3 is 0 Å². The fraction of sp³-hybridized carbons (Fsp3) is 0.294. The maximum atomic E-state index is 3.31. The summed E-state index contributed by atoms with van der Waals surface area (Å²) in [6.45, 7) is 3.15. The lowest BCUT2D eigenvalue weighted by Crippen LogP contribution is -2.25. The summed E-state index contributed by atoms with van der Waals surface area (Å²) >= 11 is 0. The van der Waals surface area contributed by atoms with Gasteiger partial charge in [-0.05, 0) is 24.2 Å². The molecule has 0 aliphatic carbocycles. The number of benzene rings is 2. The van der Waals surface area contributed by atoms with Gasteiger partial charge in [0.1, 0.15) is 0 Å². The summed E-state index contributed by atoms with van der Waals surface area (Å²) in [6.07, 6.45) is 0. The first-order chi connectivity index (χ1) is 9.38. The zero-order valence-electron chi connectivity index (χ0n) is 11.3. The second-order valence-corrected chi connectivity index (χ2v) is 5.18. The molecule has 0 radical (unpaired) electrons. The highest BCUT2D eigenvalue weighted by atomic mass is 15.2. The molecule has 0 saturated carbocycles. The Bertz CT molecular complexity index is 536. The highest BCUT2D eigenvalue weighted by molar-refractivity contribution is 5.60. The monoisotopic (exact) mass is 252 g/mol. The molecule has 0 bridgehead atoms. The minimum absolute atomic E-state index is 0.602. The molecule has 0 saturated heterocycles. The molecule has 3 rings (SSSR count). The van der Waals surface area contributed by atoms with E-state index in [0.29, 0.717) is 5.92 Å². The van der Waals surface area contributed by atoms with E-state index in [0.717, 1.165) is 19.6 Å². The van der Waals surface area contributed by atoms with Crippen molar-refractivity contribution in [1.82, 2.24) is 5.32 Å². The summed E-state index contributed by atoms with van der Waals surface area (Å²) in [4.78, 5) is 2.49. The summed E-state index contributed by atoms with van der Waals surface area (Å²) in [7, 11) is 2.03. The lowest BCUT2D eigenvalue weighted by Gasteiger charge is -2.20. The molecule has 0 amide bonds. The van der Waals surface area contributed by atoms with E-state index in [2.05, 4.69) is 64.8 Å².